The van der Waals surface area contributed by atoms with Crippen LogP contribution in [0.2, 0.25) is 0 Å². The molecular weight excluding hydrogens is 472 g/mol. The Balaban J connectivity index is 0.000000176. The molecule has 0 amide bonds. The van der Waals surface area contributed by atoms with Gasteiger partial charge >= 0.3 is 11.3 Å². The van der Waals surface area contributed by atoms with Crippen molar-refractivity contribution in [1.82, 2.24) is 0 Å². The van der Waals surface area contributed by atoms with Crippen molar-refractivity contribution in [3.63, 3.8) is 0 Å². The molecule has 8 nitrogen and oxygen atoms in total. The molecule has 9 heteroatoms. The van der Waals surface area contributed by atoms with Crippen LogP contribution in [-0.2, 0) is 0 Å². The van der Waals surface area contributed by atoms with Gasteiger partial charge in [0.05, 0.1) is 14.2 Å². The minimum atomic E-state index is -0.463. The van der Waals surface area contributed by atoms with Gasteiger partial charge in [-0.2, -0.15) is 0 Å². The van der Waals surface area contributed by atoms with E-state index in [2.05, 4.69) is 15.9 Å². The predicted octanol–water partition coefficient (Wildman–Crippen LogP) is 4.39. The number of phenolic OH excluding ortho intramolecular Hbond substituents is 2. The fourth-order valence-corrected chi connectivity index (χ4v) is 3.30. The third-order valence-corrected chi connectivity index (χ3v) is 5.57. The van der Waals surface area contributed by atoms with Crippen molar-refractivity contribution in [3.05, 3.63) is 66.8 Å². The van der Waals surface area contributed by atoms with E-state index in [1.807, 2.05) is 0 Å². The summed E-state index contributed by atoms with van der Waals surface area (Å²) in [7, 11) is 2.93. The van der Waals surface area contributed by atoms with Gasteiger partial charge in [0.2, 0.25) is 0 Å². The Morgan fingerprint density at radius 3 is 1.87 bits per heavy atom. The maximum absolute atomic E-state index is 11.4. The first-order valence-corrected chi connectivity index (χ1v) is 9.77. The number of fused-ring (bicyclic) bond motifs is 2. The number of methoxy groups -OCH3 is 2. The molecular formula is C22H19BrO8. The van der Waals surface area contributed by atoms with E-state index in [0.717, 1.165) is 21.9 Å². The van der Waals surface area contributed by atoms with E-state index in [0.29, 0.717) is 27.1 Å². The molecule has 162 valence electrons. The molecule has 0 saturated heterocycles. The van der Waals surface area contributed by atoms with E-state index in [1.165, 1.54) is 32.4 Å². The van der Waals surface area contributed by atoms with Gasteiger partial charge in [0, 0.05) is 29.0 Å². The van der Waals surface area contributed by atoms with E-state index in [4.69, 9.17) is 18.3 Å². The maximum Gasteiger partial charge on any atom is 0.350 e. The molecule has 4 rings (SSSR count). The Bertz CT molecular complexity index is 1400. The number of ether oxygens (including phenoxy) is 2. The number of hydrogen-bond acceptors (Lipinski definition) is 8. The Morgan fingerprint density at radius 1 is 0.806 bits per heavy atom. The molecule has 0 spiro atoms. The number of benzene rings is 2. The van der Waals surface area contributed by atoms with Crippen molar-refractivity contribution < 1.29 is 28.5 Å². The van der Waals surface area contributed by atoms with Gasteiger partial charge in [0.15, 0.2) is 23.0 Å². The highest BCUT2D eigenvalue weighted by atomic mass is 79.9. The highest BCUT2D eigenvalue weighted by Crippen LogP contribution is 2.34. The third-order valence-electron chi connectivity index (χ3n) is 4.65. The molecule has 0 atom stereocenters. The van der Waals surface area contributed by atoms with Gasteiger partial charge in [0.25, 0.3) is 0 Å². The van der Waals surface area contributed by atoms with Crippen LogP contribution < -0.4 is 20.7 Å². The van der Waals surface area contributed by atoms with E-state index in [1.54, 1.807) is 26.0 Å². The lowest BCUT2D eigenvalue weighted by molar-refractivity contribution is 0.373. The standard InChI is InChI=1S/C11H9BrO4.C11H10O4/c1-5-6-3-9(15-2)7(13)4-8(6)16-11(14)10(5)12;1-6-3-11(13)15-9-5-8(12)10(14-2)4-7(6)9/h3-4,13H,1-2H3;3-5,12H,1-2H3. The van der Waals surface area contributed by atoms with Gasteiger partial charge < -0.3 is 28.5 Å². The Morgan fingerprint density at radius 2 is 1.32 bits per heavy atom. The van der Waals surface area contributed by atoms with Gasteiger partial charge in [-0.1, -0.05) is 0 Å². The lowest BCUT2D eigenvalue weighted by Crippen LogP contribution is -2.02. The van der Waals surface area contributed by atoms with Crippen LogP contribution in [0.15, 0.2) is 53.2 Å². The number of aryl methyl sites for hydroxylation is 2. The SMILES string of the molecule is COc1cc2c(C)c(Br)c(=O)oc2cc1O.COc1cc2c(C)cc(=O)oc2cc1O. The predicted molar refractivity (Wildman–Crippen MR) is 119 cm³/mol. The van der Waals surface area contributed by atoms with Crippen LogP contribution >= 0.6 is 15.9 Å². The molecule has 2 N–H and O–H groups in total. The zero-order valence-corrected chi connectivity index (χ0v) is 18.7. The maximum atomic E-state index is 11.4. The topological polar surface area (TPSA) is 119 Å². The van der Waals surface area contributed by atoms with Gasteiger partial charge in [-0.05, 0) is 53.0 Å². The molecule has 0 unspecified atom stereocenters. The molecule has 0 saturated carbocycles. The Hall–Kier alpha value is -3.46. The molecule has 0 bridgehead atoms. The van der Waals surface area contributed by atoms with Crippen molar-refractivity contribution >= 4 is 37.9 Å². The number of rotatable bonds is 2. The van der Waals surface area contributed by atoms with Crippen molar-refractivity contribution in [2.24, 2.45) is 0 Å². The van der Waals surface area contributed by atoms with Crippen LogP contribution in [-0.4, -0.2) is 24.4 Å². The van der Waals surface area contributed by atoms with Crippen molar-refractivity contribution in [1.29, 1.82) is 0 Å². The highest BCUT2D eigenvalue weighted by molar-refractivity contribution is 9.10. The smallest absolute Gasteiger partial charge is 0.350 e. The molecule has 2 aromatic heterocycles. The normalized spacial score (nSPS) is 10.6. The summed E-state index contributed by atoms with van der Waals surface area (Å²) in [5.74, 6) is 0.606. The van der Waals surface area contributed by atoms with Crippen LogP contribution in [0, 0.1) is 13.8 Å². The number of hydrogen-bond donors (Lipinski definition) is 2. The largest absolute Gasteiger partial charge is 0.504 e. The van der Waals surface area contributed by atoms with Crippen LogP contribution in [0.5, 0.6) is 23.0 Å². The van der Waals surface area contributed by atoms with Crippen LogP contribution in [0.25, 0.3) is 21.9 Å². The number of halogens is 1. The second-order valence-corrected chi connectivity index (χ2v) is 7.41. The van der Waals surface area contributed by atoms with Gasteiger partial charge in [-0.25, -0.2) is 9.59 Å². The second kappa shape index (κ2) is 8.73. The first-order chi connectivity index (χ1) is 14.7. The molecule has 0 aliphatic rings. The summed E-state index contributed by atoms with van der Waals surface area (Å²) in [5, 5.41) is 20.5. The van der Waals surface area contributed by atoms with Gasteiger partial charge in [-0.15, -0.1) is 0 Å². The molecule has 0 fully saturated rings. The zero-order valence-electron chi connectivity index (χ0n) is 17.1. The van der Waals surface area contributed by atoms with Crippen LogP contribution in [0.4, 0.5) is 0 Å². The summed E-state index contributed by atoms with van der Waals surface area (Å²) < 4.78 is 20.3. The minimum Gasteiger partial charge on any atom is -0.504 e. The lowest BCUT2D eigenvalue weighted by atomic mass is 10.1. The molecule has 4 aromatic rings. The molecule has 0 aliphatic heterocycles. The average Bonchev–Trinajstić information content (AvgIpc) is 2.72. The number of aromatic hydroxyl groups is 2. The lowest BCUT2D eigenvalue weighted by Gasteiger charge is -2.07. The summed E-state index contributed by atoms with van der Waals surface area (Å²) in [6.45, 7) is 3.59. The van der Waals surface area contributed by atoms with Crippen molar-refractivity contribution in [2.45, 2.75) is 13.8 Å². The van der Waals surface area contributed by atoms with Crippen molar-refractivity contribution in [3.8, 4) is 23.0 Å². The molecule has 2 heterocycles. The van der Waals surface area contributed by atoms with Crippen LogP contribution in [0.1, 0.15) is 11.1 Å². The fourth-order valence-electron chi connectivity index (χ4n) is 3.00. The Labute approximate surface area is 184 Å². The number of phenols is 2. The van der Waals surface area contributed by atoms with Gasteiger partial charge in [0.1, 0.15) is 15.6 Å². The molecule has 0 radical (unpaired) electrons. The zero-order chi connectivity index (χ0) is 22.9. The summed E-state index contributed by atoms with van der Waals surface area (Å²) in [4.78, 5) is 22.5. The monoisotopic (exact) mass is 490 g/mol. The summed E-state index contributed by atoms with van der Waals surface area (Å²) in [6.07, 6.45) is 0. The van der Waals surface area contributed by atoms with Crippen LogP contribution in [0.3, 0.4) is 0 Å². The highest BCUT2D eigenvalue weighted by Gasteiger charge is 2.12. The van der Waals surface area contributed by atoms with E-state index < -0.39 is 11.3 Å². The van der Waals surface area contributed by atoms with E-state index >= 15 is 0 Å². The first kappa shape index (κ1) is 22.2. The second-order valence-electron chi connectivity index (χ2n) is 6.62. The van der Waals surface area contributed by atoms with Crippen molar-refractivity contribution in [2.75, 3.05) is 14.2 Å². The molecule has 31 heavy (non-hydrogen) atoms. The summed E-state index contributed by atoms with van der Waals surface area (Å²) >= 11 is 3.16. The van der Waals surface area contributed by atoms with Gasteiger partial charge in [-0.3, -0.25) is 0 Å². The van der Waals surface area contributed by atoms with E-state index in [9.17, 15) is 19.8 Å². The molecule has 2 aromatic carbocycles. The van der Waals surface area contributed by atoms with E-state index in [-0.39, 0.29) is 11.5 Å². The molecule has 0 aliphatic carbocycles. The quantitative estimate of drug-likeness (QED) is 0.397. The Kier molecular flexibility index (Phi) is 6.26. The third kappa shape index (κ3) is 4.36. The average molecular weight is 491 g/mol. The summed E-state index contributed by atoms with van der Waals surface area (Å²) in [5.41, 5.74) is 1.35. The minimum absolute atomic E-state index is 0.0428. The first-order valence-electron chi connectivity index (χ1n) is 8.97. The summed E-state index contributed by atoms with van der Waals surface area (Å²) in [6, 6.07) is 7.42. The fraction of sp³-hybridized carbons (Fsp3) is 0.182.